The smallest absolute Gasteiger partial charge is 0.148 e. The molecule has 0 unspecified atom stereocenters. The molecule has 0 bridgehead atoms. The third kappa shape index (κ3) is 2.67. The van der Waals surface area contributed by atoms with E-state index in [-0.39, 0.29) is 0 Å². The molecule has 0 aromatic carbocycles. The molecule has 0 radical (unpaired) electrons. The monoisotopic (exact) mass is 308 g/mol. The minimum Gasteiger partial charge on any atom is -0.382 e. The Morgan fingerprint density at radius 1 is 1.40 bits per heavy atom. The van der Waals surface area contributed by atoms with Crippen molar-refractivity contribution in [1.82, 2.24) is 9.36 Å². The van der Waals surface area contributed by atoms with Crippen molar-refractivity contribution in [3.05, 3.63) is 10.4 Å². The molecule has 20 heavy (non-hydrogen) atoms. The fraction of sp³-hybridized carbons (Fsp3) is 0.571. The Balaban J connectivity index is 1.86. The Hall–Kier alpha value is -1.14. The first-order valence-corrected chi connectivity index (χ1v) is 8.69. The van der Waals surface area contributed by atoms with Crippen LogP contribution in [0.5, 0.6) is 0 Å². The summed E-state index contributed by atoms with van der Waals surface area (Å²) in [6.07, 6.45) is 5.45. The van der Waals surface area contributed by atoms with E-state index in [4.69, 9.17) is 5.73 Å². The molecule has 1 aliphatic rings. The van der Waals surface area contributed by atoms with Crippen LogP contribution in [0.15, 0.2) is 5.38 Å². The summed E-state index contributed by atoms with van der Waals surface area (Å²) in [6.45, 7) is 3.11. The van der Waals surface area contributed by atoms with E-state index in [2.05, 4.69) is 26.7 Å². The maximum Gasteiger partial charge on any atom is 0.148 e. The molecule has 0 spiro atoms. The highest BCUT2D eigenvalue weighted by atomic mass is 32.1. The van der Waals surface area contributed by atoms with E-state index in [0.29, 0.717) is 5.82 Å². The van der Waals surface area contributed by atoms with Crippen molar-refractivity contribution in [2.75, 3.05) is 24.2 Å². The summed E-state index contributed by atoms with van der Waals surface area (Å²) in [4.78, 5) is 6.88. The van der Waals surface area contributed by atoms with Gasteiger partial charge in [-0.25, -0.2) is 4.98 Å². The molecule has 1 saturated carbocycles. The van der Waals surface area contributed by atoms with Crippen LogP contribution in [0.3, 0.4) is 0 Å². The molecule has 0 atom stereocenters. The SMILES string of the molecule is Cc1nc(-c2c(N)nsc2N(C)CC2CCCC2)cs1. The van der Waals surface area contributed by atoms with Crippen LogP contribution in [0.1, 0.15) is 30.7 Å². The van der Waals surface area contributed by atoms with Crippen molar-refractivity contribution in [3.8, 4) is 11.3 Å². The summed E-state index contributed by atoms with van der Waals surface area (Å²) in [5.41, 5.74) is 8.04. The second-order valence-corrected chi connectivity index (χ2v) is 7.34. The molecule has 0 amide bonds. The van der Waals surface area contributed by atoms with Gasteiger partial charge in [0, 0.05) is 19.0 Å². The summed E-state index contributed by atoms with van der Waals surface area (Å²) in [5.74, 6) is 1.42. The molecular weight excluding hydrogens is 288 g/mol. The molecule has 0 saturated heterocycles. The summed E-state index contributed by atoms with van der Waals surface area (Å²) >= 11 is 3.14. The van der Waals surface area contributed by atoms with E-state index in [9.17, 15) is 0 Å². The quantitative estimate of drug-likeness (QED) is 0.934. The zero-order valence-corrected chi connectivity index (χ0v) is 13.6. The average molecular weight is 308 g/mol. The van der Waals surface area contributed by atoms with E-state index >= 15 is 0 Å². The van der Waals surface area contributed by atoms with Crippen molar-refractivity contribution < 1.29 is 0 Å². The lowest BCUT2D eigenvalue weighted by molar-refractivity contribution is 0.548. The predicted molar refractivity (Wildman–Crippen MR) is 87.6 cm³/mol. The van der Waals surface area contributed by atoms with Gasteiger partial charge in [0.1, 0.15) is 10.8 Å². The highest BCUT2D eigenvalue weighted by Crippen LogP contribution is 2.40. The molecule has 2 aromatic heterocycles. The van der Waals surface area contributed by atoms with Crippen LogP contribution in [-0.2, 0) is 0 Å². The number of aromatic nitrogens is 2. The summed E-state index contributed by atoms with van der Waals surface area (Å²) in [7, 11) is 2.15. The van der Waals surface area contributed by atoms with Crippen LogP contribution in [0.25, 0.3) is 11.3 Å². The molecule has 6 heteroatoms. The van der Waals surface area contributed by atoms with Crippen LogP contribution in [0.2, 0.25) is 0 Å². The minimum atomic E-state index is 0.605. The molecule has 0 aliphatic heterocycles. The van der Waals surface area contributed by atoms with E-state index < -0.39 is 0 Å². The van der Waals surface area contributed by atoms with Gasteiger partial charge in [0.15, 0.2) is 0 Å². The third-order valence-corrected chi connectivity index (χ3v) is 5.68. The number of thiazole rings is 1. The van der Waals surface area contributed by atoms with E-state index in [1.54, 1.807) is 11.3 Å². The topological polar surface area (TPSA) is 55.0 Å². The molecule has 108 valence electrons. The second kappa shape index (κ2) is 5.69. The van der Waals surface area contributed by atoms with Gasteiger partial charge in [-0.05, 0) is 37.2 Å². The van der Waals surface area contributed by atoms with Crippen molar-refractivity contribution in [3.63, 3.8) is 0 Å². The normalized spacial score (nSPS) is 15.9. The first kappa shape index (κ1) is 13.8. The maximum atomic E-state index is 6.07. The summed E-state index contributed by atoms with van der Waals surface area (Å²) in [6, 6.07) is 0. The van der Waals surface area contributed by atoms with Crippen LogP contribution >= 0.6 is 22.9 Å². The number of hydrogen-bond donors (Lipinski definition) is 1. The van der Waals surface area contributed by atoms with Crippen LogP contribution in [0, 0.1) is 12.8 Å². The zero-order chi connectivity index (χ0) is 14.1. The first-order valence-electron chi connectivity index (χ1n) is 7.04. The highest BCUT2D eigenvalue weighted by molar-refractivity contribution is 7.11. The second-order valence-electron chi connectivity index (χ2n) is 5.53. The molecule has 3 rings (SSSR count). The van der Waals surface area contributed by atoms with Gasteiger partial charge < -0.3 is 10.6 Å². The molecule has 4 nitrogen and oxygen atoms in total. The average Bonchev–Trinajstić information content (AvgIpc) is 3.10. The molecule has 2 aromatic rings. The number of aryl methyl sites for hydroxylation is 1. The lowest BCUT2D eigenvalue weighted by Crippen LogP contribution is -2.23. The molecule has 2 heterocycles. The number of nitrogen functional groups attached to an aromatic ring is 1. The number of anilines is 2. The fourth-order valence-corrected chi connectivity index (χ4v) is 4.33. The summed E-state index contributed by atoms with van der Waals surface area (Å²) < 4.78 is 4.34. The molecule has 1 fully saturated rings. The number of rotatable bonds is 4. The number of nitrogens with zero attached hydrogens (tertiary/aromatic N) is 3. The summed E-state index contributed by atoms with van der Waals surface area (Å²) in [5, 5.41) is 4.29. The number of hydrogen-bond acceptors (Lipinski definition) is 6. The largest absolute Gasteiger partial charge is 0.382 e. The van der Waals surface area contributed by atoms with Crippen molar-refractivity contribution in [1.29, 1.82) is 0 Å². The molecular formula is C14H20N4S2. The van der Waals surface area contributed by atoms with Gasteiger partial charge in [0.05, 0.1) is 16.3 Å². The standard InChI is InChI=1S/C14H20N4S2/c1-9-16-11(8-19-9)12-13(15)17-20-14(12)18(2)7-10-5-3-4-6-10/h8,10H,3-7H2,1-2H3,(H2,15,17). The van der Waals surface area contributed by atoms with E-state index in [1.807, 2.05) is 6.92 Å². The van der Waals surface area contributed by atoms with Crippen molar-refractivity contribution in [2.45, 2.75) is 32.6 Å². The van der Waals surface area contributed by atoms with Crippen LogP contribution in [-0.4, -0.2) is 22.9 Å². The lowest BCUT2D eigenvalue weighted by atomic mass is 10.1. The van der Waals surface area contributed by atoms with Crippen molar-refractivity contribution >= 4 is 33.7 Å². The van der Waals surface area contributed by atoms with Gasteiger partial charge in [0.25, 0.3) is 0 Å². The van der Waals surface area contributed by atoms with Gasteiger partial charge in [-0.15, -0.1) is 11.3 Å². The maximum absolute atomic E-state index is 6.07. The number of nitrogens with two attached hydrogens (primary N) is 1. The fourth-order valence-electron chi connectivity index (χ4n) is 2.94. The van der Waals surface area contributed by atoms with Gasteiger partial charge in [-0.1, -0.05) is 12.8 Å². The Kier molecular flexibility index (Phi) is 3.94. The van der Waals surface area contributed by atoms with Gasteiger partial charge >= 0.3 is 0 Å². The predicted octanol–water partition coefficient (Wildman–Crippen LogP) is 3.78. The van der Waals surface area contributed by atoms with Crippen molar-refractivity contribution in [2.24, 2.45) is 5.92 Å². The zero-order valence-electron chi connectivity index (χ0n) is 11.9. The van der Waals surface area contributed by atoms with Gasteiger partial charge in [-0.3, -0.25) is 0 Å². The molecule has 2 N–H and O–H groups in total. The Bertz CT molecular complexity index is 584. The van der Waals surface area contributed by atoms with Gasteiger partial charge in [-0.2, -0.15) is 4.37 Å². The van der Waals surface area contributed by atoms with E-state index in [1.165, 1.54) is 37.2 Å². The Morgan fingerprint density at radius 2 is 2.15 bits per heavy atom. The first-order chi connectivity index (χ1) is 9.65. The third-order valence-electron chi connectivity index (χ3n) is 3.93. The molecule has 1 aliphatic carbocycles. The van der Waals surface area contributed by atoms with Crippen LogP contribution < -0.4 is 10.6 Å². The van der Waals surface area contributed by atoms with Crippen LogP contribution in [0.4, 0.5) is 10.8 Å². The minimum absolute atomic E-state index is 0.605. The Morgan fingerprint density at radius 3 is 2.80 bits per heavy atom. The van der Waals surface area contributed by atoms with E-state index in [0.717, 1.165) is 33.7 Å². The lowest BCUT2D eigenvalue weighted by Gasteiger charge is -2.22. The Labute approximate surface area is 127 Å². The van der Waals surface area contributed by atoms with Gasteiger partial charge in [0.2, 0.25) is 0 Å². The highest BCUT2D eigenvalue weighted by Gasteiger charge is 2.22.